The van der Waals surface area contributed by atoms with Crippen molar-refractivity contribution >= 4 is 23.7 Å². The average Bonchev–Trinajstić information content (AvgIpc) is 2.64. The predicted octanol–water partition coefficient (Wildman–Crippen LogP) is 4.27. The Morgan fingerprint density at radius 1 is 1.04 bits per heavy atom. The van der Waals surface area contributed by atoms with Gasteiger partial charge in [-0.2, -0.15) is 0 Å². The van der Waals surface area contributed by atoms with Crippen LogP contribution in [-0.2, 0) is 4.79 Å². The molecule has 2 atom stereocenters. The Morgan fingerprint density at radius 2 is 1.76 bits per heavy atom. The maximum absolute atomic E-state index is 12.2. The van der Waals surface area contributed by atoms with E-state index in [1.54, 1.807) is 17.8 Å². The number of hydrogen-bond acceptors (Lipinski definition) is 3. The molecule has 2 aromatic carbocycles. The summed E-state index contributed by atoms with van der Waals surface area (Å²) < 4.78 is 0. The second-order valence-electron chi connectivity index (χ2n) is 6.25. The van der Waals surface area contributed by atoms with Crippen LogP contribution in [0.15, 0.2) is 70.5 Å². The van der Waals surface area contributed by atoms with Crippen LogP contribution in [-0.4, -0.2) is 23.2 Å². The zero-order valence-electron chi connectivity index (χ0n) is 14.1. The van der Waals surface area contributed by atoms with Crippen molar-refractivity contribution < 1.29 is 9.90 Å². The quantitative estimate of drug-likeness (QED) is 0.789. The highest BCUT2D eigenvalue weighted by atomic mass is 32.2. The molecule has 1 aliphatic rings. The van der Waals surface area contributed by atoms with Gasteiger partial charge in [0, 0.05) is 15.9 Å². The molecule has 0 radical (unpaired) electrons. The molecule has 3 rings (SSSR count). The molecule has 1 fully saturated rings. The van der Waals surface area contributed by atoms with Crippen LogP contribution >= 0.6 is 11.8 Å². The number of hydrogen-bond donors (Lipinski definition) is 2. The Labute approximate surface area is 153 Å². The first kappa shape index (κ1) is 17.8. The van der Waals surface area contributed by atoms with E-state index in [4.69, 9.17) is 0 Å². The Hall–Kier alpha value is -2.04. The summed E-state index contributed by atoms with van der Waals surface area (Å²) >= 11 is 1.68. The van der Waals surface area contributed by atoms with Crippen molar-refractivity contribution in [2.24, 2.45) is 0 Å². The van der Waals surface area contributed by atoms with E-state index in [2.05, 4.69) is 23.5 Å². The Kier molecular flexibility index (Phi) is 6.31. The monoisotopic (exact) mass is 353 g/mol. The molecule has 130 valence electrons. The lowest BCUT2D eigenvalue weighted by atomic mass is 9.92. The number of rotatable bonds is 5. The van der Waals surface area contributed by atoms with Crippen molar-refractivity contribution in [3.05, 3.63) is 66.2 Å². The summed E-state index contributed by atoms with van der Waals surface area (Å²) in [4.78, 5) is 14.5. The minimum absolute atomic E-state index is 0.125. The number of amides is 1. The molecule has 1 aliphatic carbocycles. The molecule has 0 aliphatic heterocycles. The summed E-state index contributed by atoms with van der Waals surface area (Å²) in [5, 5.41) is 12.9. The van der Waals surface area contributed by atoms with E-state index >= 15 is 0 Å². The second kappa shape index (κ2) is 8.88. The lowest BCUT2D eigenvalue weighted by Gasteiger charge is -2.27. The fourth-order valence-corrected chi connectivity index (χ4v) is 3.95. The summed E-state index contributed by atoms with van der Waals surface area (Å²) in [7, 11) is 0. The number of nitrogens with one attached hydrogen (secondary N) is 1. The van der Waals surface area contributed by atoms with Gasteiger partial charge >= 0.3 is 0 Å². The normalized spacial score (nSPS) is 20.5. The molecule has 2 unspecified atom stereocenters. The highest BCUT2D eigenvalue weighted by Crippen LogP contribution is 2.30. The first-order chi connectivity index (χ1) is 12.2. The summed E-state index contributed by atoms with van der Waals surface area (Å²) in [5.74, 6) is -0.148. The summed E-state index contributed by atoms with van der Waals surface area (Å²) in [6.07, 6.45) is 6.69. The SMILES string of the molecule is O=C(C=Cc1ccccc1Sc1ccccc1)NC1CCCCC1O. The average molecular weight is 353 g/mol. The first-order valence-electron chi connectivity index (χ1n) is 8.71. The van der Waals surface area contributed by atoms with E-state index in [0.717, 1.165) is 41.0 Å². The van der Waals surface area contributed by atoms with Crippen molar-refractivity contribution in [3.63, 3.8) is 0 Å². The predicted molar refractivity (Wildman–Crippen MR) is 102 cm³/mol. The summed E-state index contributed by atoms with van der Waals surface area (Å²) in [5.41, 5.74) is 1.01. The van der Waals surface area contributed by atoms with E-state index in [-0.39, 0.29) is 11.9 Å². The standard InChI is InChI=1S/C21H23NO2S/c23-19-12-6-5-11-18(19)22-21(24)15-14-16-8-4-7-13-20(16)25-17-9-2-1-3-10-17/h1-4,7-10,13-15,18-19,23H,5-6,11-12H2,(H,22,24). The fourth-order valence-electron chi connectivity index (χ4n) is 3.00. The van der Waals surface area contributed by atoms with Crippen LogP contribution < -0.4 is 5.32 Å². The van der Waals surface area contributed by atoms with Crippen LogP contribution in [0.5, 0.6) is 0 Å². The number of benzene rings is 2. The highest BCUT2D eigenvalue weighted by molar-refractivity contribution is 7.99. The first-order valence-corrected chi connectivity index (χ1v) is 9.52. The molecule has 0 heterocycles. The zero-order chi connectivity index (χ0) is 17.5. The Bertz CT molecular complexity index is 730. The number of carbonyl (C=O) groups is 1. The van der Waals surface area contributed by atoms with Crippen LogP contribution in [0.4, 0.5) is 0 Å². The van der Waals surface area contributed by atoms with Gasteiger partial charge in [-0.1, -0.05) is 61.0 Å². The van der Waals surface area contributed by atoms with Crippen molar-refractivity contribution in [1.29, 1.82) is 0 Å². The third kappa shape index (κ3) is 5.21. The minimum Gasteiger partial charge on any atom is -0.391 e. The van der Waals surface area contributed by atoms with Crippen LogP contribution in [0.3, 0.4) is 0 Å². The molecule has 0 spiro atoms. The molecule has 0 bridgehead atoms. The summed E-state index contributed by atoms with van der Waals surface area (Å²) in [6.45, 7) is 0. The molecular weight excluding hydrogens is 330 g/mol. The fraction of sp³-hybridized carbons (Fsp3) is 0.286. The van der Waals surface area contributed by atoms with E-state index in [0.29, 0.717) is 0 Å². The van der Waals surface area contributed by atoms with Gasteiger partial charge in [0.05, 0.1) is 12.1 Å². The second-order valence-corrected chi connectivity index (χ2v) is 7.37. The molecule has 4 heteroatoms. The van der Waals surface area contributed by atoms with E-state index in [1.807, 2.05) is 42.5 Å². The molecule has 2 N–H and O–H groups in total. The Balaban J connectivity index is 1.65. The largest absolute Gasteiger partial charge is 0.391 e. The molecule has 0 saturated heterocycles. The Morgan fingerprint density at radius 3 is 2.56 bits per heavy atom. The molecule has 2 aromatic rings. The molecule has 3 nitrogen and oxygen atoms in total. The van der Waals surface area contributed by atoms with Gasteiger partial charge in [0.15, 0.2) is 0 Å². The highest BCUT2D eigenvalue weighted by Gasteiger charge is 2.23. The number of aliphatic hydroxyl groups is 1. The van der Waals surface area contributed by atoms with Crippen LogP contribution in [0.25, 0.3) is 6.08 Å². The van der Waals surface area contributed by atoms with Gasteiger partial charge in [-0.15, -0.1) is 0 Å². The molecule has 1 saturated carbocycles. The van der Waals surface area contributed by atoms with E-state index in [1.165, 1.54) is 0 Å². The smallest absolute Gasteiger partial charge is 0.244 e. The third-order valence-electron chi connectivity index (χ3n) is 4.36. The summed E-state index contributed by atoms with van der Waals surface area (Å²) in [6, 6.07) is 18.1. The lowest BCUT2D eigenvalue weighted by molar-refractivity contribution is -0.118. The number of aliphatic hydroxyl groups excluding tert-OH is 1. The van der Waals surface area contributed by atoms with Crippen LogP contribution in [0.2, 0.25) is 0 Å². The maximum atomic E-state index is 12.2. The van der Waals surface area contributed by atoms with Crippen molar-refractivity contribution in [3.8, 4) is 0 Å². The van der Waals surface area contributed by atoms with Gasteiger partial charge in [0.2, 0.25) is 5.91 Å². The number of carbonyl (C=O) groups excluding carboxylic acids is 1. The van der Waals surface area contributed by atoms with Crippen molar-refractivity contribution in [2.75, 3.05) is 0 Å². The van der Waals surface area contributed by atoms with E-state index in [9.17, 15) is 9.90 Å². The van der Waals surface area contributed by atoms with Crippen LogP contribution in [0, 0.1) is 0 Å². The van der Waals surface area contributed by atoms with Crippen molar-refractivity contribution in [1.82, 2.24) is 5.32 Å². The molecular formula is C21H23NO2S. The lowest BCUT2D eigenvalue weighted by Crippen LogP contribution is -2.44. The maximum Gasteiger partial charge on any atom is 0.244 e. The van der Waals surface area contributed by atoms with Gasteiger partial charge in [0.1, 0.15) is 0 Å². The van der Waals surface area contributed by atoms with Crippen LogP contribution in [0.1, 0.15) is 31.2 Å². The van der Waals surface area contributed by atoms with E-state index < -0.39 is 6.10 Å². The van der Waals surface area contributed by atoms with Gasteiger partial charge in [-0.05, 0) is 42.7 Å². The minimum atomic E-state index is -0.424. The van der Waals surface area contributed by atoms with Gasteiger partial charge in [-0.3, -0.25) is 4.79 Å². The third-order valence-corrected chi connectivity index (χ3v) is 5.46. The van der Waals surface area contributed by atoms with Crippen molar-refractivity contribution in [2.45, 2.75) is 47.6 Å². The zero-order valence-corrected chi connectivity index (χ0v) is 14.9. The van der Waals surface area contributed by atoms with Gasteiger partial charge in [0.25, 0.3) is 0 Å². The molecule has 25 heavy (non-hydrogen) atoms. The molecule has 1 amide bonds. The van der Waals surface area contributed by atoms with Gasteiger partial charge < -0.3 is 10.4 Å². The molecule has 0 aromatic heterocycles. The van der Waals surface area contributed by atoms with Gasteiger partial charge in [-0.25, -0.2) is 0 Å². The topological polar surface area (TPSA) is 49.3 Å².